The van der Waals surface area contributed by atoms with Crippen LogP contribution in [0.25, 0.3) is 0 Å². The lowest BCUT2D eigenvalue weighted by atomic mass is 9.57. The summed E-state index contributed by atoms with van der Waals surface area (Å²) in [6.07, 6.45) is 3.16. The van der Waals surface area contributed by atoms with Gasteiger partial charge in [0.1, 0.15) is 11.7 Å². The molecule has 0 aromatic heterocycles. The lowest BCUT2D eigenvalue weighted by Crippen LogP contribution is -2.49. The van der Waals surface area contributed by atoms with E-state index in [2.05, 4.69) is 52.8 Å². The summed E-state index contributed by atoms with van der Waals surface area (Å²) in [5.41, 5.74) is 3.13. The number of esters is 1. The SMILES string of the molecule is COC(=O)[C@@H](C)[C@H]1CC[C@](C)([C@@H]2C[C@@]3(C)[C@H](C)Cc4cc(C)ccc4[C@@]3(C)O2)OO1. The predicted octanol–water partition coefficient (Wildman–Crippen LogP) is 4.88. The van der Waals surface area contributed by atoms with Crippen molar-refractivity contribution in [1.29, 1.82) is 0 Å². The largest absolute Gasteiger partial charge is 0.469 e. The van der Waals surface area contributed by atoms with Crippen LogP contribution >= 0.6 is 0 Å². The maximum absolute atomic E-state index is 11.9. The Balaban J connectivity index is 1.57. The van der Waals surface area contributed by atoms with Gasteiger partial charge in [0.2, 0.25) is 0 Å². The smallest absolute Gasteiger partial charge is 0.311 e. The first kappa shape index (κ1) is 21.8. The van der Waals surface area contributed by atoms with Crippen molar-refractivity contribution in [2.75, 3.05) is 7.11 Å². The Labute approximate surface area is 180 Å². The fourth-order valence-electron chi connectivity index (χ4n) is 5.91. The van der Waals surface area contributed by atoms with Gasteiger partial charge in [0.25, 0.3) is 0 Å². The maximum Gasteiger partial charge on any atom is 0.311 e. The molecule has 0 N–H and O–H groups in total. The minimum absolute atomic E-state index is 0.0163. The molecular formula is C25H36O5. The van der Waals surface area contributed by atoms with Crippen LogP contribution in [-0.4, -0.2) is 30.9 Å². The molecule has 0 unspecified atom stereocenters. The highest BCUT2D eigenvalue weighted by atomic mass is 17.2. The summed E-state index contributed by atoms with van der Waals surface area (Å²) in [4.78, 5) is 23.6. The molecule has 166 valence electrons. The highest BCUT2D eigenvalue weighted by molar-refractivity contribution is 5.72. The van der Waals surface area contributed by atoms with Gasteiger partial charge in [-0.25, -0.2) is 9.78 Å². The first-order valence-corrected chi connectivity index (χ1v) is 11.2. The molecule has 7 atom stereocenters. The minimum Gasteiger partial charge on any atom is -0.469 e. The van der Waals surface area contributed by atoms with Crippen molar-refractivity contribution in [1.82, 2.24) is 0 Å². The van der Waals surface area contributed by atoms with Crippen LogP contribution in [0.4, 0.5) is 0 Å². The number of rotatable bonds is 3. The van der Waals surface area contributed by atoms with E-state index in [1.807, 2.05) is 6.92 Å². The fourth-order valence-corrected chi connectivity index (χ4v) is 5.91. The van der Waals surface area contributed by atoms with E-state index in [9.17, 15) is 4.79 Å². The second-order valence-corrected chi connectivity index (χ2v) is 10.4. The van der Waals surface area contributed by atoms with Gasteiger partial charge >= 0.3 is 5.97 Å². The van der Waals surface area contributed by atoms with Gasteiger partial charge in [-0.1, -0.05) is 37.6 Å². The summed E-state index contributed by atoms with van der Waals surface area (Å²) in [5, 5.41) is 0. The Hall–Kier alpha value is -1.43. The number of carbonyl (C=O) groups excluding carboxylic acids is 1. The third-order valence-corrected chi connectivity index (χ3v) is 8.56. The highest BCUT2D eigenvalue weighted by Gasteiger charge is 2.63. The molecule has 0 amide bonds. The Morgan fingerprint density at radius 2 is 2.00 bits per heavy atom. The molecule has 0 saturated carbocycles. The van der Waals surface area contributed by atoms with Crippen molar-refractivity contribution in [3.05, 3.63) is 34.9 Å². The van der Waals surface area contributed by atoms with Crippen LogP contribution in [0, 0.1) is 24.2 Å². The zero-order valence-corrected chi connectivity index (χ0v) is 19.4. The zero-order valence-electron chi connectivity index (χ0n) is 19.4. The molecule has 5 heteroatoms. The summed E-state index contributed by atoms with van der Waals surface area (Å²) in [7, 11) is 1.41. The van der Waals surface area contributed by atoms with Gasteiger partial charge in [-0.15, -0.1) is 0 Å². The Kier molecular flexibility index (Phi) is 5.32. The average Bonchev–Trinajstić information content (AvgIpc) is 3.01. The molecule has 30 heavy (non-hydrogen) atoms. The van der Waals surface area contributed by atoms with Crippen LogP contribution in [0.2, 0.25) is 0 Å². The molecule has 1 aliphatic carbocycles. The average molecular weight is 417 g/mol. The van der Waals surface area contributed by atoms with E-state index in [0.717, 1.165) is 25.7 Å². The summed E-state index contributed by atoms with van der Waals surface area (Å²) < 4.78 is 11.8. The van der Waals surface area contributed by atoms with Crippen molar-refractivity contribution in [3.63, 3.8) is 0 Å². The van der Waals surface area contributed by atoms with Gasteiger partial charge in [-0.2, -0.15) is 0 Å². The Morgan fingerprint density at radius 3 is 2.63 bits per heavy atom. The van der Waals surface area contributed by atoms with Gasteiger partial charge < -0.3 is 9.47 Å². The van der Waals surface area contributed by atoms with Crippen molar-refractivity contribution < 1.29 is 24.0 Å². The fraction of sp³-hybridized carbons (Fsp3) is 0.720. The molecule has 3 aliphatic rings. The maximum atomic E-state index is 11.9. The van der Waals surface area contributed by atoms with Crippen molar-refractivity contribution in [3.8, 4) is 0 Å². The van der Waals surface area contributed by atoms with E-state index in [4.69, 9.17) is 19.2 Å². The van der Waals surface area contributed by atoms with E-state index >= 15 is 0 Å². The topological polar surface area (TPSA) is 54.0 Å². The third-order valence-electron chi connectivity index (χ3n) is 8.56. The van der Waals surface area contributed by atoms with E-state index in [0.29, 0.717) is 5.92 Å². The molecule has 0 spiro atoms. The molecule has 0 radical (unpaired) electrons. The summed E-state index contributed by atoms with van der Waals surface area (Å²) in [6, 6.07) is 6.76. The van der Waals surface area contributed by atoms with Crippen molar-refractivity contribution in [2.45, 2.75) is 90.6 Å². The number of hydrogen-bond donors (Lipinski definition) is 0. The van der Waals surface area contributed by atoms with Gasteiger partial charge in [0.15, 0.2) is 0 Å². The minimum atomic E-state index is -0.541. The molecule has 2 saturated heterocycles. The molecule has 0 bridgehead atoms. The summed E-state index contributed by atoms with van der Waals surface area (Å²) in [5.74, 6) is -0.116. The summed E-state index contributed by atoms with van der Waals surface area (Å²) in [6.45, 7) is 13.0. The monoisotopic (exact) mass is 416 g/mol. The van der Waals surface area contributed by atoms with Crippen molar-refractivity contribution in [2.24, 2.45) is 17.3 Å². The molecule has 5 nitrogen and oxygen atoms in total. The second kappa shape index (κ2) is 7.32. The predicted molar refractivity (Wildman–Crippen MR) is 114 cm³/mol. The number of fused-ring (bicyclic) bond motifs is 3. The first-order valence-electron chi connectivity index (χ1n) is 11.2. The number of hydrogen-bond acceptors (Lipinski definition) is 5. The third kappa shape index (κ3) is 3.12. The number of benzene rings is 1. The molecule has 2 fully saturated rings. The van der Waals surface area contributed by atoms with Crippen LogP contribution in [0.5, 0.6) is 0 Å². The lowest BCUT2D eigenvalue weighted by molar-refractivity contribution is -0.425. The van der Waals surface area contributed by atoms with Crippen molar-refractivity contribution >= 4 is 5.97 Å². The number of methoxy groups -OCH3 is 1. The highest BCUT2D eigenvalue weighted by Crippen LogP contribution is 2.62. The first-order chi connectivity index (χ1) is 14.0. The van der Waals surface area contributed by atoms with E-state index in [-0.39, 0.29) is 35.1 Å². The van der Waals surface area contributed by atoms with E-state index in [1.165, 1.54) is 23.8 Å². The van der Waals surface area contributed by atoms with Crippen LogP contribution < -0.4 is 0 Å². The molecule has 1 aromatic carbocycles. The Bertz CT molecular complexity index is 827. The molecular weight excluding hydrogens is 380 g/mol. The van der Waals surface area contributed by atoms with Crippen LogP contribution in [0.3, 0.4) is 0 Å². The Morgan fingerprint density at radius 1 is 1.27 bits per heavy atom. The van der Waals surface area contributed by atoms with Gasteiger partial charge in [0.05, 0.1) is 24.7 Å². The summed E-state index contributed by atoms with van der Waals surface area (Å²) >= 11 is 0. The van der Waals surface area contributed by atoms with E-state index in [1.54, 1.807) is 0 Å². The molecule has 2 heterocycles. The lowest BCUT2D eigenvalue weighted by Gasteiger charge is -2.49. The molecule has 4 rings (SSSR count). The van der Waals surface area contributed by atoms with Crippen LogP contribution in [-0.2, 0) is 36.1 Å². The molecule has 1 aromatic rings. The zero-order chi connectivity index (χ0) is 21.9. The molecule has 2 aliphatic heterocycles. The van der Waals surface area contributed by atoms with Gasteiger partial charge in [0, 0.05) is 5.41 Å². The van der Waals surface area contributed by atoms with Gasteiger partial charge in [-0.05, 0) is 70.4 Å². The van der Waals surface area contributed by atoms with Crippen LogP contribution in [0.15, 0.2) is 18.2 Å². The normalized spacial score (nSPS) is 41.6. The number of carbonyl (C=O) groups is 1. The number of aryl methyl sites for hydroxylation is 1. The van der Waals surface area contributed by atoms with Gasteiger partial charge in [-0.3, -0.25) is 4.79 Å². The quantitative estimate of drug-likeness (QED) is 0.519. The van der Waals surface area contributed by atoms with E-state index < -0.39 is 5.60 Å². The second-order valence-electron chi connectivity index (χ2n) is 10.4. The number of ether oxygens (including phenoxy) is 2. The standard InChI is InChI=1S/C25H36O5/c1-15-8-9-19-18(12-15)13-16(2)23(4)14-21(28-25(19,23)6)24(5)11-10-20(29-30-24)17(3)22(26)27-7/h8-9,12,16-17,20-21H,10-11,13-14H2,1-7H3/t16-,17+,20-,21+,23+,24-,25-/m1/s1. The van der Waals surface area contributed by atoms with Crippen LogP contribution in [0.1, 0.15) is 70.6 Å².